The first-order valence-electron chi connectivity index (χ1n) is 9.36. The molecule has 0 heterocycles. The Balaban J connectivity index is 2.11. The standard InChI is InChI=1S/C22H27ClN2O2/c1-3-13-24-22(27)17(2)25(14-12-18-8-5-4-6-9-18)21(26)16-19-10-7-11-20(23)15-19/h4-11,15,17H,3,12-14,16H2,1-2H3,(H,24,27)/t17-/m0/s1. The van der Waals surface area contributed by atoms with Crippen LogP contribution in [0, 0.1) is 0 Å². The van der Waals surface area contributed by atoms with Crippen molar-refractivity contribution < 1.29 is 9.59 Å². The van der Waals surface area contributed by atoms with Gasteiger partial charge in [0.2, 0.25) is 11.8 Å². The summed E-state index contributed by atoms with van der Waals surface area (Å²) in [4.78, 5) is 27.1. The van der Waals surface area contributed by atoms with Crippen LogP contribution >= 0.6 is 11.6 Å². The first kappa shape index (κ1) is 21.0. The Morgan fingerprint density at radius 2 is 1.78 bits per heavy atom. The molecule has 0 aromatic heterocycles. The second-order valence-corrected chi connectivity index (χ2v) is 7.03. The van der Waals surface area contributed by atoms with Gasteiger partial charge in [-0.25, -0.2) is 0 Å². The third-order valence-electron chi connectivity index (χ3n) is 4.45. The number of hydrogen-bond acceptors (Lipinski definition) is 2. The van der Waals surface area contributed by atoms with Crippen LogP contribution in [-0.2, 0) is 22.4 Å². The van der Waals surface area contributed by atoms with E-state index in [1.807, 2.05) is 49.4 Å². The zero-order valence-corrected chi connectivity index (χ0v) is 16.7. The Labute approximate surface area is 166 Å². The van der Waals surface area contributed by atoms with Crippen molar-refractivity contribution >= 4 is 23.4 Å². The molecular formula is C22H27ClN2O2. The number of halogens is 1. The van der Waals surface area contributed by atoms with Gasteiger partial charge in [-0.3, -0.25) is 9.59 Å². The number of nitrogens with one attached hydrogen (secondary N) is 1. The average Bonchev–Trinajstić information content (AvgIpc) is 2.67. The highest BCUT2D eigenvalue weighted by Gasteiger charge is 2.25. The van der Waals surface area contributed by atoms with Gasteiger partial charge in [0.15, 0.2) is 0 Å². The van der Waals surface area contributed by atoms with E-state index in [9.17, 15) is 9.59 Å². The van der Waals surface area contributed by atoms with Crippen LogP contribution in [0.3, 0.4) is 0 Å². The van der Waals surface area contributed by atoms with Crippen LogP contribution in [0.4, 0.5) is 0 Å². The van der Waals surface area contributed by atoms with E-state index in [2.05, 4.69) is 5.32 Å². The van der Waals surface area contributed by atoms with Gasteiger partial charge in [-0.2, -0.15) is 0 Å². The Hall–Kier alpha value is -2.33. The lowest BCUT2D eigenvalue weighted by Crippen LogP contribution is -2.49. The second-order valence-electron chi connectivity index (χ2n) is 6.60. The quantitative estimate of drug-likeness (QED) is 0.711. The van der Waals surface area contributed by atoms with Gasteiger partial charge in [0.25, 0.3) is 0 Å². The molecule has 1 atom stereocenters. The molecule has 2 aromatic rings. The third kappa shape index (κ3) is 6.72. The molecule has 2 amide bonds. The zero-order valence-electron chi connectivity index (χ0n) is 16.0. The maximum Gasteiger partial charge on any atom is 0.242 e. The topological polar surface area (TPSA) is 49.4 Å². The molecule has 0 fully saturated rings. The van der Waals surface area contributed by atoms with Gasteiger partial charge in [-0.15, -0.1) is 0 Å². The van der Waals surface area contributed by atoms with E-state index < -0.39 is 6.04 Å². The number of carbonyl (C=O) groups is 2. The van der Waals surface area contributed by atoms with Crippen molar-refractivity contribution in [1.82, 2.24) is 10.2 Å². The smallest absolute Gasteiger partial charge is 0.242 e. The molecular weight excluding hydrogens is 360 g/mol. The van der Waals surface area contributed by atoms with E-state index in [0.717, 1.165) is 17.5 Å². The molecule has 0 unspecified atom stereocenters. The number of nitrogens with zero attached hydrogens (tertiary/aromatic N) is 1. The van der Waals surface area contributed by atoms with Gasteiger partial charge in [0.1, 0.15) is 6.04 Å². The van der Waals surface area contributed by atoms with E-state index in [1.165, 1.54) is 0 Å². The summed E-state index contributed by atoms with van der Waals surface area (Å²) in [5.41, 5.74) is 1.98. The van der Waals surface area contributed by atoms with Crippen LogP contribution in [0.1, 0.15) is 31.4 Å². The van der Waals surface area contributed by atoms with Crippen molar-refractivity contribution in [3.8, 4) is 0 Å². The van der Waals surface area contributed by atoms with E-state index in [4.69, 9.17) is 11.6 Å². The molecule has 27 heavy (non-hydrogen) atoms. The molecule has 5 heteroatoms. The highest BCUT2D eigenvalue weighted by molar-refractivity contribution is 6.30. The third-order valence-corrected chi connectivity index (χ3v) is 4.68. The summed E-state index contributed by atoms with van der Waals surface area (Å²) < 4.78 is 0. The van der Waals surface area contributed by atoms with E-state index in [-0.39, 0.29) is 18.2 Å². The fourth-order valence-corrected chi connectivity index (χ4v) is 3.10. The molecule has 0 aliphatic rings. The summed E-state index contributed by atoms with van der Waals surface area (Å²) in [6, 6.07) is 16.7. The fraction of sp³-hybridized carbons (Fsp3) is 0.364. The van der Waals surface area contributed by atoms with Crippen molar-refractivity contribution in [3.05, 3.63) is 70.7 Å². The van der Waals surface area contributed by atoms with Gasteiger partial charge in [-0.1, -0.05) is 61.0 Å². The van der Waals surface area contributed by atoms with Crippen LogP contribution in [0.5, 0.6) is 0 Å². The number of benzene rings is 2. The van der Waals surface area contributed by atoms with Gasteiger partial charge >= 0.3 is 0 Å². The van der Waals surface area contributed by atoms with Crippen molar-refractivity contribution in [3.63, 3.8) is 0 Å². The predicted octanol–water partition coefficient (Wildman–Crippen LogP) is 3.87. The lowest BCUT2D eigenvalue weighted by Gasteiger charge is -2.29. The van der Waals surface area contributed by atoms with Crippen molar-refractivity contribution in [2.45, 2.75) is 39.2 Å². The van der Waals surface area contributed by atoms with Crippen LogP contribution in [0.2, 0.25) is 5.02 Å². The van der Waals surface area contributed by atoms with E-state index in [0.29, 0.717) is 24.5 Å². The summed E-state index contributed by atoms with van der Waals surface area (Å²) in [5, 5.41) is 3.49. The van der Waals surface area contributed by atoms with Crippen molar-refractivity contribution in [2.24, 2.45) is 0 Å². The Bertz CT molecular complexity index is 749. The first-order chi connectivity index (χ1) is 13.0. The van der Waals surface area contributed by atoms with Gasteiger partial charge in [0.05, 0.1) is 6.42 Å². The Morgan fingerprint density at radius 1 is 1.07 bits per heavy atom. The first-order valence-corrected chi connectivity index (χ1v) is 9.74. The molecule has 0 saturated carbocycles. The largest absolute Gasteiger partial charge is 0.354 e. The monoisotopic (exact) mass is 386 g/mol. The summed E-state index contributed by atoms with van der Waals surface area (Å²) in [7, 11) is 0. The van der Waals surface area contributed by atoms with Gasteiger partial charge < -0.3 is 10.2 Å². The minimum Gasteiger partial charge on any atom is -0.354 e. The highest BCUT2D eigenvalue weighted by Crippen LogP contribution is 2.14. The molecule has 0 bridgehead atoms. The summed E-state index contributed by atoms with van der Waals surface area (Å²) in [6.45, 7) is 4.89. The van der Waals surface area contributed by atoms with Crippen LogP contribution in [0.15, 0.2) is 54.6 Å². The fourth-order valence-electron chi connectivity index (χ4n) is 2.89. The van der Waals surface area contributed by atoms with E-state index >= 15 is 0 Å². The minimum atomic E-state index is -0.521. The number of hydrogen-bond donors (Lipinski definition) is 1. The average molecular weight is 387 g/mol. The lowest BCUT2D eigenvalue weighted by molar-refractivity contribution is -0.139. The molecule has 0 saturated heterocycles. The minimum absolute atomic E-state index is 0.0765. The number of amides is 2. The summed E-state index contributed by atoms with van der Waals surface area (Å²) in [6.07, 6.45) is 1.78. The normalized spacial score (nSPS) is 11.7. The molecule has 0 spiro atoms. The van der Waals surface area contributed by atoms with Crippen LogP contribution in [0.25, 0.3) is 0 Å². The maximum absolute atomic E-state index is 13.0. The molecule has 0 aliphatic heterocycles. The maximum atomic E-state index is 13.0. The number of rotatable bonds is 9. The molecule has 0 aliphatic carbocycles. The van der Waals surface area contributed by atoms with Gasteiger partial charge in [-0.05, 0) is 43.0 Å². The number of carbonyl (C=O) groups excluding carboxylic acids is 2. The lowest BCUT2D eigenvalue weighted by atomic mass is 10.1. The molecule has 2 rings (SSSR count). The zero-order chi connectivity index (χ0) is 19.6. The van der Waals surface area contributed by atoms with Crippen molar-refractivity contribution in [1.29, 1.82) is 0 Å². The van der Waals surface area contributed by atoms with Crippen LogP contribution in [-0.4, -0.2) is 35.8 Å². The van der Waals surface area contributed by atoms with Crippen molar-refractivity contribution in [2.75, 3.05) is 13.1 Å². The molecule has 0 radical (unpaired) electrons. The molecule has 2 aromatic carbocycles. The summed E-state index contributed by atoms with van der Waals surface area (Å²) in [5.74, 6) is -0.197. The second kappa shape index (κ2) is 10.7. The predicted molar refractivity (Wildman–Crippen MR) is 110 cm³/mol. The Kier molecular flexibility index (Phi) is 8.34. The SMILES string of the molecule is CCCNC(=O)[C@H](C)N(CCc1ccccc1)C(=O)Cc1cccc(Cl)c1. The molecule has 1 N–H and O–H groups in total. The van der Waals surface area contributed by atoms with Gasteiger partial charge in [0, 0.05) is 18.1 Å². The molecule has 4 nitrogen and oxygen atoms in total. The Morgan fingerprint density at radius 3 is 2.44 bits per heavy atom. The van der Waals surface area contributed by atoms with Crippen LogP contribution < -0.4 is 5.32 Å². The highest BCUT2D eigenvalue weighted by atomic mass is 35.5. The molecule has 144 valence electrons. The van der Waals surface area contributed by atoms with E-state index in [1.54, 1.807) is 24.0 Å². The summed E-state index contributed by atoms with van der Waals surface area (Å²) >= 11 is 6.03.